The predicted octanol–water partition coefficient (Wildman–Crippen LogP) is 2.08. The maximum Gasteiger partial charge on any atom is 0.216 e. The summed E-state index contributed by atoms with van der Waals surface area (Å²) in [5.41, 5.74) is 1.00. The van der Waals surface area contributed by atoms with Crippen molar-refractivity contribution < 1.29 is 9.21 Å². The van der Waals surface area contributed by atoms with Crippen LogP contribution in [0.25, 0.3) is 0 Å². The van der Waals surface area contributed by atoms with Crippen LogP contribution >= 0.6 is 24.0 Å². The first kappa shape index (κ1) is 21.5. The van der Waals surface area contributed by atoms with E-state index in [9.17, 15) is 4.79 Å². The van der Waals surface area contributed by atoms with Crippen LogP contribution in [0.3, 0.4) is 0 Å². The first-order valence-electron chi connectivity index (χ1n) is 7.51. The molecule has 1 heterocycles. The van der Waals surface area contributed by atoms with Crippen molar-refractivity contribution in [3.63, 3.8) is 0 Å². The van der Waals surface area contributed by atoms with Gasteiger partial charge in [0.05, 0.1) is 12.8 Å². The third-order valence-electron chi connectivity index (χ3n) is 2.77. The second kappa shape index (κ2) is 13.0. The average molecular weight is 434 g/mol. The lowest BCUT2D eigenvalue weighted by Gasteiger charge is -2.12. The minimum atomic E-state index is -0.00672. The summed E-state index contributed by atoms with van der Waals surface area (Å²) in [5, 5.41) is 9.27. The van der Waals surface area contributed by atoms with Gasteiger partial charge < -0.3 is 20.4 Å². The summed E-state index contributed by atoms with van der Waals surface area (Å²) in [7, 11) is 0. The van der Waals surface area contributed by atoms with E-state index in [2.05, 4.69) is 27.5 Å². The summed E-state index contributed by atoms with van der Waals surface area (Å²) in [6.45, 7) is 10.0. The lowest BCUT2D eigenvalue weighted by Crippen LogP contribution is -2.39. The number of amides is 1. The van der Waals surface area contributed by atoms with Crippen LogP contribution in [0.1, 0.15) is 26.0 Å². The Morgan fingerprint density at radius 3 is 2.52 bits per heavy atom. The molecule has 3 N–H and O–H groups in total. The summed E-state index contributed by atoms with van der Waals surface area (Å²) in [4.78, 5) is 15.2. The van der Waals surface area contributed by atoms with E-state index in [4.69, 9.17) is 4.42 Å². The highest BCUT2D eigenvalue weighted by Gasteiger charge is 2.00. The van der Waals surface area contributed by atoms with Gasteiger partial charge in [-0.3, -0.25) is 4.79 Å². The molecule has 1 rings (SSSR count). The lowest BCUT2D eigenvalue weighted by molar-refractivity contribution is -0.118. The maximum atomic E-state index is 10.8. The van der Waals surface area contributed by atoms with Gasteiger partial charge in [0.25, 0.3) is 0 Å². The monoisotopic (exact) mass is 434 g/mol. The molecule has 0 unspecified atom stereocenters. The number of halogens is 1. The van der Waals surface area contributed by atoms with Crippen molar-refractivity contribution >= 4 is 35.8 Å². The molecule has 0 aromatic carbocycles. The molecule has 130 valence electrons. The van der Waals surface area contributed by atoms with Crippen molar-refractivity contribution in [2.24, 2.45) is 4.99 Å². The van der Waals surface area contributed by atoms with Crippen molar-refractivity contribution in [1.82, 2.24) is 16.0 Å². The van der Waals surface area contributed by atoms with Crippen molar-refractivity contribution in [2.45, 2.75) is 26.7 Å². The summed E-state index contributed by atoms with van der Waals surface area (Å²) in [5.74, 6) is 1.68. The number of aliphatic imine (C=N–C) groups is 1. The quantitative estimate of drug-likeness (QED) is 0.183. The molecule has 0 radical (unpaired) electrons. The molecule has 0 atom stereocenters. The fourth-order valence-electron chi connectivity index (χ4n) is 1.71. The zero-order chi connectivity index (χ0) is 16.2. The molecule has 6 nitrogen and oxygen atoms in total. The smallest absolute Gasteiger partial charge is 0.216 e. The van der Waals surface area contributed by atoms with Crippen LogP contribution in [0.2, 0.25) is 0 Å². The van der Waals surface area contributed by atoms with Gasteiger partial charge in [-0.1, -0.05) is 12.2 Å². The second-order valence-electron chi connectivity index (χ2n) is 5.14. The van der Waals surface area contributed by atoms with E-state index >= 15 is 0 Å². The summed E-state index contributed by atoms with van der Waals surface area (Å²) < 4.78 is 5.29. The highest BCUT2D eigenvalue weighted by Crippen LogP contribution is 1.99. The van der Waals surface area contributed by atoms with E-state index < -0.39 is 0 Å². The number of rotatable bonds is 9. The third kappa shape index (κ3) is 11.7. The second-order valence-corrected chi connectivity index (χ2v) is 5.14. The Morgan fingerprint density at radius 1 is 1.22 bits per heavy atom. The molecule has 0 bridgehead atoms. The van der Waals surface area contributed by atoms with Crippen LogP contribution in [-0.4, -0.2) is 38.0 Å². The molecule has 0 aliphatic heterocycles. The Bertz CT molecular complexity index is 486. The number of nitrogens with zero attached hydrogens (tertiary/aromatic N) is 1. The average Bonchev–Trinajstić information content (AvgIpc) is 2.96. The normalized spacial score (nSPS) is 10.6. The molecule has 0 spiro atoms. The van der Waals surface area contributed by atoms with E-state index in [-0.39, 0.29) is 29.9 Å². The van der Waals surface area contributed by atoms with Crippen molar-refractivity contribution in [3.8, 4) is 0 Å². The van der Waals surface area contributed by atoms with Gasteiger partial charge in [-0.2, -0.15) is 0 Å². The van der Waals surface area contributed by atoms with Gasteiger partial charge in [0.2, 0.25) is 5.91 Å². The summed E-state index contributed by atoms with van der Waals surface area (Å²) >= 11 is 0. The summed E-state index contributed by atoms with van der Waals surface area (Å²) in [6.07, 6.45) is 3.31. The van der Waals surface area contributed by atoms with Crippen LogP contribution in [-0.2, 0) is 11.2 Å². The molecule has 0 aliphatic rings. The lowest BCUT2D eigenvalue weighted by atomic mass is 10.3. The van der Waals surface area contributed by atoms with E-state index in [1.807, 2.05) is 19.1 Å². The fraction of sp³-hybridized carbons (Fsp3) is 0.500. The van der Waals surface area contributed by atoms with Crippen LogP contribution in [0, 0.1) is 0 Å². The van der Waals surface area contributed by atoms with Crippen LogP contribution in [0.4, 0.5) is 0 Å². The van der Waals surface area contributed by atoms with Gasteiger partial charge in [-0.25, -0.2) is 4.99 Å². The van der Waals surface area contributed by atoms with Gasteiger partial charge in [0.15, 0.2) is 5.96 Å². The minimum Gasteiger partial charge on any atom is -0.469 e. The molecule has 0 saturated heterocycles. The largest absolute Gasteiger partial charge is 0.469 e. The Labute approximate surface area is 155 Å². The first-order valence-corrected chi connectivity index (χ1v) is 7.51. The Kier molecular flexibility index (Phi) is 12.1. The molecule has 7 heteroatoms. The Balaban J connectivity index is 0.00000484. The zero-order valence-electron chi connectivity index (χ0n) is 13.9. The van der Waals surface area contributed by atoms with Gasteiger partial charge in [-0.05, 0) is 25.5 Å². The van der Waals surface area contributed by atoms with E-state index in [1.165, 1.54) is 6.92 Å². The van der Waals surface area contributed by atoms with E-state index in [0.29, 0.717) is 13.1 Å². The Morgan fingerprint density at radius 2 is 1.91 bits per heavy atom. The molecule has 23 heavy (non-hydrogen) atoms. The van der Waals surface area contributed by atoms with Crippen molar-refractivity contribution in [2.75, 3.05) is 26.2 Å². The first-order chi connectivity index (χ1) is 10.6. The number of furan rings is 1. The van der Waals surface area contributed by atoms with Crippen LogP contribution in [0.15, 0.2) is 40.0 Å². The number of carbonyl (C=O) groups is 1. The number of hydrogen-bond donors (Lipinski definition) is 3. The van der Waals surface area contributed by atoms with Gasteiger partial charge >= 0.3 is 0 Å². The highest BCUT2D eigenvalue weighted by molar-refractivity contribution is 14.0. The van der Waals surface area contributed by atoms with Crippen molar-refractivity contribution in [1.29, 1.82) is 0 Å². The van der Waals surface area contributed by atoms with E-state index in [0.717, 1.165) is 43.2 Å². The maximum absolute atomic E-state index is 10.8. The molecule has 1 amide bonds. The predicted molar refractivity (Wildman–Crippen MR) is 104 cm³/mol. The number of carbonyl (C=O) groups excluding carboxylic acids is 1. The summed E-state index contributed by atoms with van der Waals surface area (Å²) in [6, 6.07) is 3.83. The topological polar surface area (TPSA) is 78.7 Å². The van der Waals surface area contributed by atoms with Gasteiger partial charge in [0.1, 0.15) is 5.76 Å². The molecule has 0 aliphatic carbocycles. The SMILES string of the molecule is C=C(C)CN=C(NCCCNC(C)=O)NCCc1ccco1.I. The molecular formula is C16H27IN4O2. The van der Waals surface area contributed by atoms with Crippen LogP contribution in [0.5, 0.6) is 0 Å². The molecule has 0 fully saturated rings. The molecular weight excluding hydrogens is 407 g/mol. The molecule has 1 aromatic heterocycles. The molecule has 1 aromatic rings. The number of nitrogens with one attached hydrogen (secondary N) is 3. The number of hydrogen-bond acceptors (Lipinski definition) is 3. The van der Waals surface area contributed by atoms with Gasteiger partial charge in [-0.15, -0.1) is 24.0 Å². The van der Waals surface area contributed by atoms with Crippen LogP contribution < -0.4 is 16.0 Å². The van der Waals surface area contributed by atoms with E-state index in [1.54, 1.807) is 6.26 Å². The third-order valence-corrected chi connectivity index (χ3v) is 2.77. The highest BCUT2D eigenvalue weighted by atomic mass is 127. The minimum absolute atomic E-state index is 0. The van der Waals surface area contributed by atoms with Gasteiger partial charge in [0, 0.05) is 33.0 Å². The van der Waals surface area contributed by atoms with Crippen molar-refractivity contribution in [3.05, 3.63) is 36.3 Å². The fourth-order valence-corrected chi connectivity index (χ4v) is 1.71. The standard InChI is InChI=1S/C16H26N4O2.HI/c1-13(2)12-20-16(18-9-5-8-17-14(3)21)19-10-7-15-6-4-11-22-15;/h4,6,11H,1,5,7-10,12H2,2-3H3,(H,17,21)(H2,18,19,20);1H. The number of guanidine groups is 1. The zero-order valence-corrected chi connectivity index (χ0v) is 16.2. The molecule has 0 saturated carbocycles. The Hall–Kier alpha value is -1.51.